The molecule has 6 nitrogen and oxygen atoms in total. The lowest BCUT2D eigenvalue weighted by molar-refractivity contribution is 0.00424. The molecule has 1 aromatic heterocycles. The van der Waals surface area contributed by atoms with Gasteiger partial charge in [0.2, 0.25) is 0 Å². The van der Waals surface area contributed by atoms with Crippen molar-refractivity contribution >= 4 is 5.91 Å². The van der Waals surface area contributed by atoms with Gasteiger partial charge < -0.3 is 14.7 Å². The molecule has 0 spiro atoms. The van der Waals surface area contributed by atoms with Crippen LogP contribution >= 0.6 is 0 Å². The van der Waals surface area contributed by atoms with E-state index < -0.39 is 5.60 Å². The van der Waals surface area contributed by atoms with Crippen LogP contribution in [-0.4, -0.2) is 51.4 Å². The summed E-state index contributed by atoms with van der Waals surface area (Å²) in [4.78, 5) is 14.3. The number of aryl methyl sites for hydroxylation is 2. The van der Waals surface area contributed by atoms with Gasteiger partial charge in [-0.2, -0.15) is 5.10 Å². The second-order valence-corrected chi connectivity index (χ2v) is 6.83. The number of nitrogens with one attached hydrogen (secondary N) is 1. The first kappa shape index (κ1) is 17.5. The van der Waals surface area contributed by atoms with Crippen molar-refractivity contribution in [2.24, 2.45) is 0 Å². The topological polar surface area (TPSA) is 78.5 Å². The van der Waals surface area contributed by atoms with Crippen molar-refractivity contribution in [3.8, 4) is 5.75 Å². The smallest absolute Gasteiger partial charge is 0.274 e. The SMILES string of the molecule is CCc1[nH]nc(C(=O)N2CC[C@@](O)(COc3ccc(C)cc3)C2)c1C. The van der Waals surface area contributed by atoms with Gasteiger partial charge >= 0.3 is 0 Å². The van der Waals surface area contributed by atoms with Crippen molar-refractivity contribution < 1.29 is 14.6 Å². The van der Waals surface area contributed by atoms with E-state index in [-0.39, 0.29) is 19.1 Å². The molecule has 2 N–H and O–H groups in total. The highest BCUT2D eigenvalue weighted by molar-refractivity contribution is 5.94. The summed E-state index contributed by atoms with van der Waals surface area (Å²) < 4.78 is 5.72. The first-order chi connectivity index (χ1) is 11.9. The third-order valence-electron chi connectivity index (χ3n) is 4.81. The fourth-order valence-electron chi connectivity index (χ4n) is 3.14. The lowest BCUT2D eigenvalue weighted by Crippen LogP contribution is -2.40. The van der Waals surface area contributed by atoms with Gasteiger partial charge in [-0.25, -0.2) is 0 Å². The largest absolute Gasteiger partial charge is 0.491 e. The highest BCUT2D eigenvalue weighted by Crippen LogP contribution is 2.25. The third kappa shape index (κ3) is 3.69. The Kier molecular flexibility index (Phi) is 4.81. The molecule has 2 heterocycles. The number of rotatable bonds is 5. The zero-order chi connectivity index (χ0) is 18.0. The van der Waals surface area contributed by atoms with Crippen LogP contribution in [0.3, 0.4) is 0 Å². The maximum Gasteiger partial charge on any atom is 0.274 e. The number of aromatic nitrogens is 2. The molecule has 0 unspecified atom stereocenters. The fourth-order valence-corrected chi connectivity index (χ4v) is 3.14. The van der Waals surface area contributed by atoms with E-state index >= 15 is 0 Å². The molecule has 2 aromatic rings. The average molecular weight is 343 g/mol. The van der Waals surface area contributed by atoms with E-state index in [1.54, 1.807) is 4.90 Å². The van der Waals surface area contributed by atoms with E-state index in [0.29, 0.717) is 18.7 Å². The molecule has 3 rings (SSSR count). The summed E-state index contributed by atoms with van der Waals surface area (Å²) in [7, 11) is 0. The third-order valence-corrected chi connectivity index (χ3v) is 4.81. The van der Waals surface area contributed by atoms with Crippen molar-refractivity contribution in [1.82, 2.24) is 15.1 Å². The molecule has 1 amide bonds. The van der Waals surface area contributed by atoms with Crippen LogP contribution in [0, 0.1) is 13.8 Å². The maximum absolute atomic E-state index is 12.7. The van der Waals surface area contributed by atoms with E-state index in [9.17, 15) is 9.90 Å². The van der Waals surface area contributed by atoms with E-state index in [2.05, 4.69) is 10.2 Å². The van der Waals surface area contributed by atoms with E-state index in [1.165, 1.54) is 0 Å². The summed E-state index contributed by atoms with van der Waals surface area (Å²) in [6.45, 7) is 6.86. The van der Waals surface area contributed by atoms with Crippen LogP contribution in [0.2, 0.25) is 0 Å². The quantitative estimate of drug-likeness (QED) is 0.873. The molecule has 25 heavy (non-hydrogen) atoms. The Balaban J connectivity index is 1.62. The molecule has 1 aliphatic rings. The average Bonchev–Trinajstić information content (AvgIpc) is 3.17. The number of aliphatic hydroxyl groups is 1. The fraction of sp³-hybridized carbons (Fsp3) is 0.474. The molecule has 134 valence electrons. The number of amides is 1. The van der Waals surface area contributed by atoms with Crippen LogP contribution in [0.5, 0.6) is 5.75 Å². The van der Waals surface area contributed by atoms with Crippen LogP contribution in [0.4, 0.5) is 0 Å². The van der Waals surface area contributed by atoms with Gasteiger partial charge in [-0.3, -0.25) is 9.89 Å². The van der Waals surface area contributed by atoms with Gasteiger partial charge in [-0.1, -0.05) is 24.6 Å². The summed E-state index contributed by atoms with van der Waals surface area (Å²) in [6.07, 6.45) is 1.30. The van der Waals surface area contributed by atoms with Crippen molar-refractivity contribution in [2.45, 2.75) is 39.2 Å². The Morgan fingerprint density at radius 2 is 2.08 bits per heavy atom. The first-order valence-corrected chi connectivity index (χ1v) is 8.67. The highest BCUT2D eigenvalue weighted by Gasteiger charge is 2.40. The number of hydrogen-bond donors (Lipinski definition) is 2. The number of β-amino-alcohol motifs (C(OH)–C–C–N with tert-alkyl or cyclic N) is 1. The van der Waals surface area contributed by atoms with Gasteiger partial charge in [0.1, 0.15) is 18.0 Å². The Morgan fingerprint density at radius 3 is 2.72 bits per heavy atom. The predicted molar refractivity (Wildman–Crippen MR) is 94.8 cm³/mol. The molecule has 0 bridgehead atoms. The van der Waals surface area contributed by atoms with Crippen molar-refractivity contribution in [2.75, 3.05) is 19.7 Å². The summed E-state index contributed by atoms with van der Waals surface area (Å²) >= 11 is 0. The number of benzene rings is 1. The van der Waals surface area contributed by atoms with Crippen LogP contribution in [0.25, 0.3) is 0 Å². The van der Waals surface area contributed by atoms with Gasteiger partial charge in [-0.05, 0) is 38.8 Å². The molecule has 0 radical (unpaired) electrons. The molecule has 1 aliphatic heterocycles. The molecule has 6 heteroatoms. The zero-order valence-electron chi connectivity index (χ0n) is 15.0. The summed E-state index contributed by atoms with van der Waals surface area (Å²) in [5, 5.41) is 17.8. The van der Waals surface area contributed by atoms with Crippen molar-refractivity contribution in [3.63, 3.8) is 0 Å². The Morgan fingerprint density at radius 1 is 1.36 bits per heavy atom. The van der Waals surface area contributed by atoms with Gasteiger partial charge in [-0.15, -0.1) is 0 Å². The summed E-state index contributed by atoms with van der Waals surface area (Å²) in [6, 6.07) is 7.71. The lowest BCUT2D eigenvalue weighted by Gasteiger charge is -2.23. The first-order valence-electron chi connectivity index (χ1n) is 8.67. The minimum Gasteiger partial charge on any atom is -0.491 e. The van der Waals surface area contributed by atoms with Gasteiger partial charge in [0.15, 0.2) is 5.69 Å². The minimum atomic E-state index is -1.03. The monoisotopic (exact) mass is 343 g/mol. The number of likely N-dealkylation sites (tertiary alicyclic amines) is 1. The number of hydrogen-bond acceptors (Lipinski definition) is 4. The van der Waals surface area contributed by atoms with E-state index in [0.717, 1.165) is 29.0 Å². The highest BCUT2D eigenvalue weighted by atomic mass is 16.5. The Labute approximate surface area is 147 Å². The molecule has 0 aliphatic carbocycles. The molecular weight excluding hydrogens is 318 g/mol. The van der Waals surface area contributed by atoms with Crippen LogP contribution in [0.15, 0.2) is 24.3 Å². The molecule has 1 fully saturated rings. The van der Waals surface area contributed by atoms with Gasteiger partial charge in [0.25, 0.3) is 5.91 Å². The maximum atomic E-state index is 12.7. The van der Waals surface area contributed by atoms with Crippen LogP contribution in [-0.2, 0) is 6.42 Å². The number of carbonyl (C=O) groups is 1. The predicted octanol–water partition coefficient (Wildman–Crippen LogP) is 2.24. The Bertz CT molecular complexity index is 754. The molecule has 0 saturated carbocycles. The summed E-state index contributed by atoms with van der Waals surface area (Å²) in [5.41, 5.74) is 2.43. The zero-order valence-corrected chi connectivity index (χ0v) is 15.0. The molecule has 1 atom stereocenters. The van der Waals surface area contributed by atoms with E-state index in [4.69, 9.17) is 4.74 Å². The standard InChI is InChI=1S/C19H25N3O3/c1-4-16-14(3)17(21-20-16)18(23)22-10-9-19(24,11-22)12-25-15-7-5-13(2)6-8-15/h5-8,24H,4,9-12H2,1-3H3,(H,20,21)/t19-/m0/s1. The Hall–Kier alpha value is -2.34. The number of carbonyl (C=O) groups excluding carboxylic acids is 1. The number of H-pyrrole nitrogens is 1. The molecule has 1 aromatic carbocycles. The minimum absolute atomic E-state index is 0.139. The number of ether oxygens (including phenoxy) is 1. The van der Waals surface area contributed by atoms with Crippen molar-refractivity contribution in [1.29, 1.82) is 0 Å². The number of nitrogens with zero attached hydrogens (tertiary/aromatic N) is 2. The van der Waals surface area contributed by atoms with Crippen LogP contribution in [0.1, 0.15) is 40.7 Å². The molecular formula is C19H25N3O3. The normalized spacial score (nSPS) is 20.1. The number of aromatic amines is 1. The van der Waals surface area contributed by atoms with Crippen molar-refractivity contribution in [3.05, 3.63) is 46.8 Å². The van der Waals surface area contributed by atoms with E-state index in [1.807, 2.05) is 45.0 Å². The van der Waals surface area contributed by atoms with Gasteiger partial charge in [0.05, 0.1) is 6.54 Å². The second-order valence-electron chi connectivity index (χ2n) is 6.83. The van der Waals surface area contributed by atoms with Gasteiger partial charge in [0, 0.05) is 17.8 Å². The molecule has 1 saturated heterocycles. The summed E-state index contributed by atoms with van der Waals surface area (Å²) in [5.74, 6) is 0.583. The second kappa shape index (κ2) is 6.88. The van der Waals surface area contributed by atoms with Crippen LogP contribution < -0.4 is 4.74 Å². The lowest BCUT2D eigenvalue weighted by atomic mass is 10.1.